The molecule has 1 N–H and O–H groups in total. The van der Waals surface area contributed by atoms with Crippen LogP contribution in [0.3, 0.4) is 0 Å². The van der Waals surface area contributed by atoms with E-state index in [2.05, 4.69) is 17.2 Å². The molecule has 0 radical (unpaired) electrons. The van der Waals surface area contributed by atoms with Crippen molar-refractivity contribution in [1.82, 2.24) is 14.9 Å². The molecule has 0 bridgehead atoms. The Kier molecular flexibility index (Phi) is 3.86. The molecule has 0 aliphatic carbocycles. The van der Waals surface area contributed by atoms with Crippen LogP contribution in [0.15, 0.2) is 30.6 Å². The number of nitrogens with one attached hydrogen (secondary N) is 1. The molecule has 0 spiro atoms. The van der Waals surface area contributed by atoms with Gasteiger partial charge in [0.25, 0.3) is 5.91 Å². The molecule has 0 saturated carbocycles. The van der Waals surface area contributed by atoms with Crippen molar-refractivity contribution < 1.29 is 19.0 Å². The first kappa shape index (κ1) is 15.0. The number of carbonyl (C=O) groups is 1. The van der Waals surface area contributed by atoms with Crippen LogP contribution >= 0.6 is 0 Å². The Morgan fingerprint density at radius 2 is 2.25 bits per heavy atom. The Hall–Kier alpha value is -2.54. The van der Waals surface area contributed by atoms with Crippen molar-refractivity contribution in [3.8, 4) is 11.5 Å². The first-order valence-corrected chi connectivity index (χ1v) is 8.09. The molecule has 2 aliphatic rings. The molecule has 2 aromatic rings. The summed E-state index contributed by atoms with van der Waals surface area (Å²) in [4.78, 5) is 17.0. The molecule has 1 saturated heterocycles. The predicted molar refractivity (Wildman–Crippen MR) is 85.0 cm³/mol. The topological polar surface area (TPSA) is 74.6 Å². The quantitative estimate of drug-likeness (QED) is 0.927. The molecule has 1 amide bonds. The summed E-state index contributed by atoms with van der Waals surface area (Å²) in [5, 5.41) is 3.06. The fraction of sp³-hybridized carbons (Fsp3) is 0.412. The van der Waals surface area contributed by atoms with E-state index in [1.165, 1.54) is 0 Å². The molecule has 24 heavy (non-hydrogen) atoms. The summed E-state index contributed by atoms with van der Waals surface area (Å²) in [6.45, 7) is 3.67. The van der Waals surface area contributed by atoms with Crippen molar-refractivity contribution in [2.24, 2.45) is 0 Å². The van der Waals surface area contributed by atoms with Crippen LogP contribution in [0, 0.1) is 0 Å². The van der Waals surface area contributed by atoms with Crippen molar-refractivity contribution in [2.75, 3.05) is 13.4 Å². The third-order valence-electron chi connectivity index (χ3n) is 4.39. The van der Waals surface area contributed by atoms with Crippen molar-refractivity contribution >= 4 is 5.91 Å². The van der Waals surface area contributed by atoms with E-state index in [1.807, 2.05) is 10.8 Å². The summed E-state index contributed by atoms with van der Waals surface area (Å²) in [6.07, 6.45) is 4.22. The standard InChI is InChI=1S/C17H19N3O4/c1-2-20-7-6-18-16(20)15-12(5-8-22-15)19-17(21)11-3-4-13-14(9-11)24-10-23-13/h3-4,6-7,9,12,15H,2,5,8,10H2,1H3,(H,19,21)/t12-,15-/m0/s1. The van der Waals surface area contributed by atoms with Crippen molar-refractivity contribution in [3.05, 3.63) is 42.0 Å². The molecule has 4 rings (SSSR count). The van der Waals surface area contributed by atoms with Gasteiger partial charge in [-0.15, -0.1) is 0 Å². The highest BCUT2D eigenvalue weighted by Gasteiger charge is 2.34. The average molecular weight is 329 g/mol. The van der Waals surface area contributed by atoms with Crippen LogP contribution in [0.25, 0.3) is 0 Å². The van der Waals surface area contributed by atoms with E-state index in [0.29, 0.717) is 23.7 Å². The minimum absolute atomic E-state index is 0.101. The maximum atomic E-state index is 12.6. The van der Waals surface area contributed by atoms with Crippen molar-refractivity contribution in [1.29, 1.82) is 0 Å². The molecule has 3 heterocycles. The zero-order chi connectivity index (χ0) is 16.5. The third kappa shape index (κ3) is 2.60. The fourth-order valence-corrected chi connectivity index (χ4v) is 3.13. The third-order valence-corrected chi connectivity index (χ3v) is 4.39. The first-order chi connectivity index (χ1) is 11.8. The number of aryl methyl sites for hydroxylation is 1. The molecule has 0 unspecified atom stereocenters. The van der Waals surface area contributed by atoms with Gasteiger partial charge in [0.2, 0.25) is 6.79 Å². The molecule has 2 atom stereocenters. The summed E-state index contributed by atoms with van der Waals surface area (Å²) in [5.41, 5.74) is 0.545. The largest absolute Gasteiger partial charge is 0.454 e. The van der Waals surface area contributed by atoms with E-state index in [9.17, 15) is 4.79 Å². The minimum Gasteiger partial charge on any atom is -0.454 e. The summed E-state index contributed by atoms with van der Waals surface area (Å²) >= 11 is 0. The van der Waals surface area contributed by atoms with E-state index in [-0.39, 0.29) is 24.8 Å². The number of ether oxygens (including phenoxy) is 3. The monoisotopic (exact) mass is 329 g/mol. The van der Waals surface area contributed by atoms with Gasteiger partial charge in [0, 0.05) is 31.1 Å². The Balaban J connectivity index is 1.50. The molecule has 1 aromatic carbocycles. The Bertz CT molecular complexity index is 758. The zero-order valence-electron chi connectivity index (χ0n) is 13.4. The van der Waals surface area contributed by atoms with Gasteiger partial charge in [-0.3, -0.25) is 4.79 Å². The normalized spacial score (nSPS) is 21.9. The van der Waals surface area contributed by atoms with E-state index in [1.54, 1.807) is 24.4 Å². The van der Waals surface area contributed by atoms with E-state index >= 15 is 0 Å². The summed E-state index contributed by atoms with van der Waals surface area (Å²) in [5.74, 6) is 1.97. The fourth-order valence-electron chi connectivity index (χ4n) is 3.13. The van der Waals surface area contributed by atoms with Gasteiger partial charge in [-0.1, -0.05) is 0 Å². The number of rotatable bonds is 4. The van der Waals surface area contributed by atoms with Gasteiger partial charge in [-0.2, -0.15) is 0 Å². The van der Waals surface area contributed by atoms with Crippen LogP contribution in [0.4, 0.5) is 0 Å². The van der Waals surface area contributed by atoms with Crippen LogP contribution in [0.5, 0.6) is 11.5 Å². The maximum absolute atomic E-state index is 12.6. The van der Waals surface area contributed by atoms with Gasteiger partial charge < -0.3 is 24.1 Å². The van der Waals surface area contributed by atoms with Crippen LogP contribution in [0.1, 0.15) is 35.6 Å². The zero-order valence-corrected chi connectivity index (χ0v) is 13.4. The van der Waals surface area contributed by atoms with Gasteiger partial charge in [0.15, 0.2) is 11.5 Å². The SMILES string of the molecule is CCn1ccnc1[C@H]1OCC[C@@H]1NC(=O)c1ccc2c(c1)OCO2. The van der Waals surface area contributed by atoms with Crippen LogP contribution in [-0.4, -0.2) is 34.9 Å². The molecule has 7 heteroatoms. The van der Waals surface area contributed by atoms with E-state index < -0.39 is 0 Å². The minimum atomic E-state index is -0.224. The lowest BCUT2D eigenvalue weighted by Crippen LogP contribution is -2.37. The molecule has 1 fully saturated rings. The number of fused-ring (bicyclic) bond motifs is 1. The smallest absolute Gasteiger partial charge is 0.251 e. The molecule has 2 aliphatic heterocycles. The van der Waals surface area contributed by atoms with Crippen LogP contribution in [-0.2, 0) is 11.3 Å². The number of amides is 1. The first-order valence-electron chi connectivity index (χ1n) is 8.09. The summed E-state index contributed by atoms with van der Waals surface area (Å²) in [7, 11) is 0. The van der Waals surface area contributed by atoms with Gasteiger partial charge in [-0.25, -0.2) is 4.98 Å². The maximum Gasteiger partial charge on any atom is 0.251 e. The Morgan fingerprint density at radius 3 is 3.12 bits per heavy atom. The van der Waals surface area contributed by atoms with E-state index in [4.69, 9.17) is 14.2 Å². The van der Waals surface area contributed by atoms with Gasteiger partial charge in [0.1, 0.15) is 11.9 Å². The second-order valence-electron chi connectivity index (χ2n) is 5.80. The number of nitrogens with zero attached hydrogens (tertiary/aromatic N) is 2. The number of imidazole rings is 1. The lowest BCUT2D eigenvalue weighted by Gasteiger charge is -2.20. The van der Waals surface area contributed by atoms with Crippen molar-refractivity contribution in [2.45, 2.75) is 32.0 Å². The summed E-state index contributed by atoms with van der Waals surface area (Å²) < 4.78 is 18.5. The highest BCUT2D eigenvalue weighted by atomic mass is 16.7. The number of aromatic nitrogens is 2. The molecule has 1 aromatic heterocycles. The van der Waals surface area contributed by atoms with Gasteiger partial charge in [0.05, 0.1) is 6.04 Å². The van der Waals surface area contributed by atoms with Gasteiger partial charge >= 0.3 is 0 Å². The summed E-state index contributed by atoms with van der Waals surface area (Å²) in [6, 6.07) is 5.09. The predicted octanol–water partition coefficient (Wildman–Crippen LogP) is 1.89. The molecular formula is C17H19N3O4. The van der Waals surface area contributed by atoms with Crippen molar-refractivity contribution in [3.63, 3.8) is 0 Å². The second-order valence-corrected chi connectivity index (χ2v) is 5.80. The Labute approximate surface area is 139 Å². The average Bonchev–Trinajstić information content (AvgIpc) is 3.33. The van der Waals surface area contributed by atoms with Gasteiger partial charge in [-0.05, 0) is 31.5 Å². The number of hydrogen-bond donors (Lipinski definition) is 1. The molecular weight excluding hydrogens is 310 g/mol. The van der Waals surface area contributed by atoms with Crippen LogP contribution < -0.4 is 14.8 Å². The van der Waals surface area contributed by atoms with E-state index in [0.717, 1.165) is 18.8 Å². The highest BCUT2D eigenvalue weighted by molar-refractivity contribution is 5.95. The second kappa shape index (κ2) is 6.16. The molecule has 126 valence electrons. The Morgan fingerprint density at radius 1 is 1.38 bits per heavy atom. The highest BCUT2D eigenvalue weighted by Crippen LogP contribution is 2.33. The number of hydrogen-bond acceptors (Lipinski definition) is 5. The molecule has 7 nitrogen and oxygen atoms in total. The lowest BCUT2D eigenvalue weighted by atomic mass is 10.1. The van der Waals surface area contributed by atoms with Crippen LogP contribution in [0.2, 0.25) is 0 Å². The number of carbonyl (C=O) groups excluding carboxylic acids is 1. The lowest BCUT2D eigenvalue weighted by molar-refractivity contribution is 0.0775. The number of benzene rings is 1.